The van der Waals surface area contributed by atoms with E-state index in [9.17, 15) is 9.59 Å². The third-order valence-electron chi connectivity index (χ3n) is 5.53. The van der Waals surface area contributed by atoms with Crippen LogP contribution in [0.15, 0.2) is 34.7 Å². The van der Waals surface area contributed by atoms with Gasteiger partial charge in [0.15, 0.2) is 5.76 Å². The number of hydrogen-bond acceptors (Lipinski definition) is 7. The summed E-state index contributed by atoms with van der Waals surface area (Å²) in [4.78, 5) is 34.6. The second-order valence-electron chi connectivity index (χ2n) is 9.75. The number of carbonyl (C=O) groups is 2. The summed E-state index contributed by atoms with van der Waals surface area (Å²) in [6.07, 6.45) is 0.530. The van der Waals surface area contributed by atoms with Crippen molar-refractivity contribution in [2.45, 2.75) is 39.8 Å². The Kier molecular flexibility index (Phi) is 7.82. The maximum atomic E-state index is 13.0. The summed E-state index contributed by atoms with van der Waals surface area (Å²) in [5.74, 6) is -0.0295. The minimum atomic E-state index is -0.665. The Morgan fingerprint density at radius 1 is 1.16 bits per heavy atom. The number of nitrogens with zero attached hydrogens (tertiary/aromatic N) is 3. The Morgan fingerprint density at radius 3 is 2.44 bits per heavy atom. The fourth-order valence-corrected chi connectivity index (χ4v) is 3.73. The van der Waals surface area contributed by atoms with E-state index < -0.39 is 6.04 Å². The van der Waals surface area contributed by atoms with E-state index in [-0.39, 0.29) is 29.4 Å². The minimum absolute atomic E-state index is 0.0774. The monoisotopic (exact) mass is 441 g/mol. The average Bonchev–Trinajstić information content (AvgIpc) is 3.16. The second-order valence-corrected chi connectivity index (χ2v) is 9.75. The van der Waals surface area contributed by atoms with Crippen LogP contribution >= 0.6 is 0 Å². The van der Waals surface area contributed by atoms with Crippen molar-refractivity contribution in [3.8, 4) is 11.5 Å². The average molecular weight is 442 g/mol. The van der Waals surface area contributed by atoms with E-state index in [1.807, 2.05) is 51.1 Å². The summed E-state index contributed by atoms with van der Waals surface area (Å²) in [5.41, 5.74) is 7.34. The van der Waals surface area contributed by atoms with E-state index in [1.54, 1.807) is 0 Å². The number of piperazine rings is 1. The molecule has 1 aromatic carbocycles. The van der Waals surface area contributed by atoms with Crippen LogP contribution in [0.5, 0.6) is 0 Å². The van der Waals surface area contributed by atoms with Crippen molar-refractivity contribution < 1.29 is 14.0 Å². The maximum absolute atomic E-state index is 13.0. The van der Waals surface area contributed by atoms with Gasteiger partial charge >= 0.3 is 0 Å². The van der Waals surface area contributed by atoms with Crippen molar-refractivity contribution in [2.24, 2.45) is 11.1 Å². The number of rotatable bonds is 8. The van der Waals surface area contributed by atoms with Gasteiger partial charge in [-0.2, -0.15) is 0 Å². The topological polar surface area (TPSA) is 105 Å². The van der Waals surface area contributed by atoms with E-state index in [1.165, 1.54) is 0 Å². The Balaban J connectivity index is 1.73. The van der Waals surface area contributed by atoms with Crippen LogP contribution in [0.25, 0.3) is 11.5 Å². The highest BCUT2D eigenvalue weighted by Gasteiger charge is 2.26. The van der Waals surface area contributed by atoms with Crippen molar-refractivity contribution in [2.75, 3.05) is 39.8 Å². The lowest BCUT2D eigenvalue weighted by Gasteiger charge is -2.31. The predicted molar refractivity (Wildman–Crippen MR) is 124 cm³/mol. The molecule has 1 fully saturated rings. The van der Waals surface area contributed by atoms with Crippen LogP contribution in [0.4, 0.5) is 0 Å². The van der Waals surface area contributed by atoms with Crippen molar-refractivity contribution in [1.82, 2.24) is 20.1 Å². The van der Waals surface area contributed by atoms with Gasteiger partial charge in [0.25, 0.3) is 0 Å². The predicted octanol–water partition coefficient (Wildman–Crippen LogP) is 2.15. The van der Waals surface area contributed by atoms with Crippen LogP contribution in [0.3, 0.4) is 0 Å². The number of likely N-dealkylation sites (N-methyl/N-ethyl adjacent to an activating group) is 1. The van der Waals surface area contributed by atoms with Gasteiger partial charge in [0.2, 0.25) is 17.6 Å². The first-order valence-corrected chi connectivity index (χ1v) is 11.1. The summed E-state index contributed by atoms with van der Waals surface area (Å²) in [6.45, 7) is 10.2. The number of oxazole rings is 1. The molecule has 0 aliphatic carbocycles. The molecule has 0 radical (unpaired) electrons. The zero-order chi connectivity index (χ0) is 23.3. The van der Waals surface area contributed by atoms with Gasteiger partial charge in [-0.25, -0.2) is 4.98 Å². The van der Waals surface area contributed by atoms with Crippen LogP contribution in [0.1, 0.15) is 43.4 Å². The van der Waals surface area contributed by atoms with E-state index in [0.717, 1.165) is 31.7 Å². The minimum Gasteiger partial charge on any atom is -0.433 e. The van der Waals surface area contributed by atoms with Gasteiger partial charge in [-0.05, 0) is 31.0 Å². The third-order valence-corrected chi connectivity index (χ3v) is 5.53. The van der Waals surface area contributed by atoms with Gasteiger partial charge in [-0.1, -0.05) is 39.0 Å². The molecule has 1 amide bonds. The number of nitrogens with two attached hydrogens (primary N) is 1. The number of nitrogens with one attached hydrogen (secondary N) is 1. The number of aromatic nitrogens is 1. The van der Waals surface area contributed by atoms with Gasteiger partial charge in [-0.3, -0.25) is 14.5 Å². The molecule has 1 saturated heterocycles. The Hall–Kier alpha value is -2.55. The Morgan fingerprint density at radius 2 is 1.81 bits per heavy atom. The first-order valence-electron chi connectivity index (χ1n) is 11.1. The summed E-state index contributed by atoms with van der Waals surface area (Å²) >= 11 is 0. The second kappa shape index (κ2) is 10.4. The molecule has 174 valence electrons. The van der Waals surface area contributed by atoms with Gasteiger partial charge < -0.3 is 20.4 Å². The lowest BCUT2D eigenvalue weighted by atomic mass is 9.88. The molecule has 8 heteroatoms. The van der Waals surface area contributed by atoms with Crippen molar-refractivity contribution in [3.05, 3.63) is 41.8 Å². The Bertz CT molecular complexity index is 911. The molecule has 1 atom stereocenters. The van der Waals surface area contributed by atoms with Crippen molar-refractivity contribution in [3.63, 3.8) is 0 Å². The van der Waals surface area contributed by atoms with Crippen LogP contribution in [-0.2, 0) is 11.3 Å². The molecular weight excluding hydrogens is 406 g/mol. The van der Waals surface area contributed by atoms with E-state index in [2.05, 4.69) is 27.1 Å². The number of ketones is 1. The number of amides is 1. The van der Waals surface area contributed by atoms with Crippen LogP contribution in [0, 0.1) is 5.41 Å². The molecule has 1 aliphatic rings. The van der Waals surface area contributed by atoms with Crippen LogP contribution < -0.4 is 11.1 Å². The van der Waals surface area contributed by atoms with Gasteiger partial charge in [0.05, 0.1) is 12.6 Å². The normalized spacial score (nSPS) is 16.7. The summed E-state index contributed by atoms with van der Waals surface area (Å²) in [5, 5.41) is 2.67. The number of benzene rings is 1. The molecule has 1 unspecified atom stereocenters. The van der Waals surface area contributed by atoms with Gasteiger partial charge in [0.1, 0.15) is 5.69 Å². The number of carbonyl (C=O) groups excluding carboxylic acids is 2. The largest absolute Gasteiger partial charge is 0.433 e. The molecule has 0 bridgehead atoms. The molecule has 3 rings (SSSR count). The Labute approximate surface area is 190 Å². The smallest absolute Gasteiger partial charge is 0.237 e. The molecule has 1 aromatic heterocycles. The van der Waals surface area contributed by atoms with E-state index in [0.29, 0.717) is 24.6 Å². The molecule has 8 nitrogen and oxygen atoms in total. The zero-order valence-corrected chi connectivity index (χ0v) is 19.6. The molecule has 1 aliphatic heterocycles. The van der Waals surface area contributed by atoms with Crippen LogP contribution in [0.2, 0.25) is 0 Å². The highest BCUT2D eigenvalue weighted by molar-refractivity contribution is 5.98. The van der Waals surface area contributed by atoms with Gasteiger partial charge in [-0.15, -0.1) is 0 Å². The van der Waals surface area contributed by atoms with E-state index >= 15 is 0 Å². The summed E-state index contributed by atoms with van der Waals surface area (Å²) in [6, 6.07) is 8.85. The maximum Gasteiger partial charge on any atom is 0.237 e. The molecule has 0 spiro atoms. The number of hydrogen-bond donors (Lipinski definition) is 2. The first kappa shape index (κ1) is 24.1. The SMILES string of the molecule is CN1CCN(Cc2nc(-c3ccccc3)oc2C(=O)CNC(=O)C(N)CC(C)(C)C)CC1. The summed E-state index contributed by atoms with van der Waals surface area (Å²) < 4.78 is 5.92. The van der Waals surface area contributed by atoms with E-state index in [4.69, 9.17) is 10.2 Å². The quantitative estimate of drug-likeness (QED) is 0.605. The standard InChI is InChI=1S/C24H35N5O3/c1-24(2,3)14-18(25)22(31)26-15-20(30)21-19(16-29-12-10-28(4)11-13-29)27-23(32-21)17-8-6-5-7-9-17/h5-9,18H,10-16,25H2,1-4H3,(H,26,31). The summed E-state index contributed by atoms with van der Waals surface area (Å²) in [7, 11) is 2.10. The highest BCUT2D eigenvalue weighted by atomic mass is 16.4. The first-order chi connectivity index (χ1) is 15.1. The molecule has 32 heavy (non-hydrogen) atoms. The lowest BCUT2D eigenvalue weighted by molar-refractivity contribution is -0.122. The molecule has 0 saturated carbocycles. The fourth-order valence-electron chi connectivity index (χ4n) is 3.73. The molecule has 2 aromatic rings. The van der Waals surface area contributed by atoms with Gasteiger partial charge in [0, 0.05) is 38.3 Å². The number of Topliss-reactive ketones (excluding diaryl/α,β-unsaturated/α-hetero) is 1. The lowest BCUT2D eigenvalue weighted by Crippen LogP contribution is -2.45. The van der Waals surface area contributed by atoms with Crippen LogP contribution in [-0.4, -0.2) is 72.3 Å². The van der Waals surface area contributed by atoms with Crippen molar-refractivity contribution >= 4 is 11.7 Å². The molecule has 2 heterocycles. The third kappa shape index (κ3) is 6.72. The molecular formula is C24H35N5O3. The highest BCUT2D eigenvalue weighted by Crippen LogP contribution is 2.24. The zero-order valence-electron chi connectivity index (χ0n) is 19.6. The molecule has 3 N–H and O–H groups in total. The fraction of sp³-hybridized carbons (Fsp3) is 0.542. The van der Waals surface area contributed by atoms with Crippen molar-refractivity contribution in [1.29, 1.82) is 0 Å².